The maximum Gasteiger partial charge on any atom is 0.242 e. The third kappa shape index (κ3) is 4.66. The van der Waals surface area contributed by atoms with Crippen LogP contribution in [0.2, 0.25) is 0 Å². The number of imidazole rings is 1. The summed E-state index contributed by atoms with van der Waals surface area (Å²) in [5.74, 6) is 0.220. The molecule has 36 heavy (non-hydrogen) atoms. The number of primary sulfonamides is 1. The van der Waals surface area contributed by atoms with Gasteiger partial charge in [-0.15, -0.1) is 5.11 Å². The molecular formula is C21H23N9O4S2. The minimum absolute atomic E-state index is 0.0186. The molecule has 1 fully saturated rings. The lowest BCUT2D eigenvalue weighted by Crippen LogP contribution is -2.37. The summed E-state index contributed by atoms with van der Waals surface area (Å²) in [5, 5.41) is 16.5. The lowest BCUT2D eigenvalue weighted by atomic mass is 9.96. The number of nitrogens with zero attached hydrogens (tertiary/aromatic N) is 4. The van der Waals surface area contributed by atoms with E-state index in [0.717, 1.165) is 5.56 Å². The summed E-state index contributed by atoms with van der Waals surface area (Å²) in [5.41, 5.74) is 7.98. The number of nitrogen functional groups attached to an aromatic ring is 1. The van der Waals surface area contributed by atoms with Crippen molar-refractivity contribution in [1.29, 1.82) is 0 Å². The van der Waals surface area contributed by atoms with Crippen molar-refractivity contribution in [3.8, 4) is 22.4 Å². The zero-order valence-electron chi connectivity index (χ0n) is 18.8. The van der Waals surface area contributed by atoms with Crippen molar-refractivity contribution in [3.63, 3.8) is 0 Å². The Labute approximate surface area is 207 Å². The van der Waals surface area contributed by atoms with Crippen LogP contribution >= 0.6 is 0 Å². The Morgan fingerprint density at radius 2 is 1.89 bits per heavy atom. The van der Waals surface area contributed by atoms with Gasteiger partial charge in [0.15, 0.2) is 18.5 Å². The molecule has 0 saturated carbocycles. The van der Waals surface area contributed by atoms with Crippen LogP contribution in [0.4, 0.5) is 5.95 Å². The number of sulfonamides is 2. The summed E-state index contributed by atoms with van der Waals surface area (Å²) >= 11 is 0. The number of benzene rings is 2. The molecule has 0 radical (unpaired) electrons. The summed E-state index contributed by atoms with van der Waals surface area (Å²) in [6, 6.07) is 9.48. The van der Waals surface area contributed by atoms with Crippen molar-refractivity contribution >= 4 is 31.8 Å². The van der Waals surface area contributed by atoms with Crippen molar-refractivity contribution < 1.29 is 16.8 Å². The van der Waals surface area contributed by atoms with Gasteiger partial charge in [0.25, 0.3) is 0 Å². The number of hydrogen-bond donors (Lipinski definition) is 5. The highest BCUT2D eigenvalue weighted by molar-refractivity contribution is 7.92. The number of nitrogens with two attached hydrogens (primary N) is 2. The van der Waals surface area contributed by atoms with Crippen LogP contribution in [-0.2, 0) is 20.0 Å². The Hall–Kier alpha value is -3.50. The highest BCUT2D eigenvalue weighted by atomic mass is 32.2. The van der Waals surface area contributed by atoms with Crippen LogP contribution in [0, 0.1) is 0 Å². The van der Waals surface area contributed by atoms with Gasteiger partial charge in [0.05, 0.1) is 17.5 Å². The number of aromatic amines is 1. The van der Waals surface area contributed by atoms with Gasteiger partial charge in [0, 0.05) is 18.2 Å². The molecule has 7 N–H and O–H groups in total. The number of H-pyrrole nitrogens is 1. The molecule has 2 aliphatic rings. The minimum atomic E-state index is -4.56. The highest BCUT2D eigenvalue weighted by Crippen LogP contribution is 2.36. The zero-order chi connectivity index (χ0) is 25.5. The summed E-state index contributed by atoms with van der Waals surface area (Å²) < 4.78 is 55.1. The zero-order valence-corrected chi connectivity index (χ0v) is 20.5. The number of rotatable bonds is 7. The number of aromatic nitrogens is 2. The predicted molar refractivity (Wildman–Crippen MR) is 133 cm³/mol. The molecule has 3 aromatic rings. The second-order valence-corrected chi connectivity index (χ2v) is 11.5. The fourth-order valence-electron chi connectivity index (χ4n) is 4.25. The number of nitrogens with one attached hydrogen (secondary N) is 3. The Morgan fingerprint density at radius 1 is 1.08 bits per heavy atom. The molecule has 188 valence electrons. The second-order valence-electron chi connectivity index (χ2n) is 8.30. The molecule has 1 saturated heterocycles. The molecule has 0 amide bonds. The first-order valence-corrected chi connectivity index (χ1v) is 13.9. The highest BCUT2D eigenvalue weighted by Gasteiger charge is 2.34. The van der Waals surface area contributed by atoms with Crippen LogP contribution in [0.25, 0.3) is 22.4 Å². The van der Waals surface area contributed by atoms with Crippen molar-refractivity contribution in [2.75, 3.05) is 25.5 Å². The van der Waals surface area contributed by atoms with Crippen LogP contribution < -0.4 is 20.9 Å². The van der Waals surface area contributed by atoms with Crippen LogP contribution in [0.1, 0.15) is 12.0 Å². The Balaban J connectivity index is 1.73. The van der Waals surface area contributed by atoms with Crippen molar-refractivity contribution in [1.82, 2.24) is 20.0 Å². The van der Waals surface area contributed by atoms with E-state index in [9.17, 15) is 16.8 Å². The molecule has 0 unspecified atom stereocenters. The number of aliphatic imine (C=N–C) groups is 1. The normalized spacial score (nSPS) is 18.0. The minimum Gasteiger partial charge on any atom is -0.369 e. The number of anilines is 1. The monoisotopic (exact) mass is 529 g/mol. The van der Waals surface area contributed by atoms with Gasteiger partial charge >= 0.3 is 0 Å². The van der Waals surface area contributed by atoms with Gasteiger partial charge in [-0.3, -0.25) is 0 Å². The van der Waals surface area contributed by atoms with Crippen LogP contribution in [0.3, 0.4) is 0 Å². The molecule has 0 aliphatic carbocycles. The molecule has 0 spiro atoms. The standard InChI is InChI=1S/C21H23N9O4S2/c22-21-25-10-16(28-21)13-3-1-2-12(8-13)15-4-5-17(36(33,34)30-14-6-7-24-9-14)19(35(23,31)32)18(15)20-26-11-27-29-20/h1-5,8,10,14,24,30H,6-7,9,11H2,(H3,22,25,28)(H2,23,31,32)/t14-/m0/s1. The molecule has 5 rings (SSSR count). The molecule has 2 aliphatic heterocycles. The van der Waals surface area contributed by atoms with Gasteiger partial charge < -0.3 is 16.0 Å². The van der Waals surface area contributed by atoms with E-state index in [-0.39, 0.29) is 30.1 Å². The van der Waals surface area contributed by atoms with E-state index >= 15 is 0 Å². The van der Waals surface area contributed by atoms with E-state index in [2.05, 4.69) is 35.2 Å². The topological polar surface area (TPSA) is 210 Å². The van der Waals surface area contributed by atoms with Gasteiger partial charge in [0.2, 0.25) is 20.0 Å². The van der Waals surface area contributed by atoms with E-state index in [1.165, 1.54) is 12.1 Å². The first-order chi connectivity index (χ1) is 17.1. The van der Waals surface area contributed by atoms with Crippen LogP contribution in [-0.4, -0.2) is 58.4 Å². The van der Waals surface area contributed by atoms with Gasteiger partial charge in [-0.2, -0.15) is 5.11 Å². The first kappa shape index (κ1) is 24.2. The maximum atomic E-state index is 13.3. The van der Waals surface area contributed by atoms with E-state index < -0.39 is 29.8 Å². The number of amidine groups is 1. The number of hydrogen-bond acceptors (Lipinski definition) is 10. The van der Waals surface area contributed by atoms with Gasteiger partial charge in [-0.1, -0.05) is 24.3 Å². The average Bonchev–Trinajstić information content (AvgIpc) is 3.61. The third-order valence-corrected chi connectivity index (χ3v) is 8.52. The predicted octanol–water partition coefficient (Wildman–Crippen LogP) is 0.783. The summed E-state index contributed by atoms with van der Waals surface area (Å²) in [6.45, 7) is 1.06. The average molecular weight is 530 g/mol. The molecule has 2 aromatic carbocycles. The van der Waals surface area contributed by atoms with E-state index in [1.807, 2.05) is 6.07 Å². The molecular weight excluding hydrogens is 506 g/mol. The molecule has 13 nitrogen and oxygen atoms in total. The lowest BCUT2D eigenvalue weighted by molar-refractivity contribution is 0.555. The van der Waals surface area contributed by atoms with Crippen molar-refractivity contribution in [2.45, 2.75) is 22.3 Å². The molecule has 15 heteroatoms. The molecule has 0 bridgehead atoms. The maximum absolute atomic E-state index is 13.3. The summed E-state index contributed by atoms with van der Waals surface area (Å²) in [7, 11) is -8.82. The molecule has 3 heterocycles. The quantitative estimate of drug-likeness (QED) is 0.296. The summed E-state index contributed by atoms with van der Waals surface area (Å²) in [4.78, 5) is 10.1. The van der Waals surface area contributed by atoms with Crippen LogP contribution in [0.5, 0.6) is 0 Å². The SMILES string of the molecule is Nc1ncc(-c2cccc(-c3ccc(S(=O)(=O)N[C@H]4CCNC4)c(S(N)(=O)=O)c3C3=NCN=N3)c2)[nH]1. The molecule has 1 aromatic heterocycles. The van der Waals surface area contributed by atoms with Gasteiger partial charge in [-0.05, 0) is 36.2 Å². The van der Waals surface area contributed by atoms with Crippen molar-refractivity contribution in [2.24, 2.45) is 20.4 Å². The smallest absolute Gasteiger partial charge is 0.242 e. The van der Waals surface area contributed by atoms with E-state index in [1.54, 1.807) is 24.4 Å². The fraction of sp³-hybridized carbons (Fsp3) is 0.238. The fourth-order valence-corrected chi connectivity index (χ4v) is 7.13. The Kier molecular flexibility index (Phi) is 6.17. The summed E-state index contributed by atoms with van der Waals surface area (Å²) in [6.07, 6.45) is 2.14. The largest absolute Gasteiger partial charge is 0.369 e. The number of azo groups is 1. The second kappa shape index (κ2) is 9.18. The van der Waals surface area contributed by atoms with Gasteiger partial charge in [-0.25, -0.2) is 36.7 Å². The lowest BCUT2D eigenvalue weighted by Gasteiger charge is -2.19. The first-order valence-electron chi connectivity index (χ1n) is 10.9. The van der Waals surface area contributed by atoms with Crippen molar-refractivity contribution in [3.05, 3.63) is 48.2 Å². The third-order valence-electron chi connectivity index (χ3n) is 5.83. The van der Waals surface area contributed by atoms with E-state index in [0.29, 0.717) is 36.3 Å². The Bertz CT molecular complexity index is 1610. The Morgan fingerprint density at radius 3 is 2.53 bits per heavy atom. The molecule has 1 atom stereocenters. The van der Waals surface area contributed by atoms with Gasteiger partial charge in [0.1, 0.15) is 9.79 Å². The van der Waals surface area contributed by atoms with E-state index in [4.69, 9.17) is 10.9 Å². The van der Waals surface area contributed by atoms with Crippen LogP contribution in [0.15, 0.2) is 67.6 Å².